The van der Waals surface area contributed by atoms with Crippen LogP contribution in [-0.4, -0.2) is 40.3 Å². The first kappa shape index (κ1) is 12.8. The summed E-state index contributed by atoms with van der Waals surface area (Å²) in [6, 6.07) is 0. The first-order valence-electron chi connectivity index (χ1n) is 6.33. The van der Waals surface area contributed by atoms with Crippen molar-refractivity contribution in [1.82, 2.24) is 20.5 Å². The Hall–Kier alpha value is -1.63. The fraction of sp³-hybridized carbons (Fsp3) is 0.727. The van der Waals surface area contributed by atoms with Gasteiger partial charge in [0.15, 0.2) is 0 Å². The molecular formula is C11H19N5O2. The van der Waals surface area contributed by atoms with Crippen molar-refractivity contribution in [2.24, 2.45) is 0 Å². The van der Waals surface area contributed by atoms with Crippen LogP contribution in [-0.2, 0) is 4.74 Å². The highest BCUT2D eigenvalue weighted by atomic mass is 16.5. The highest BCUT2D eigenvalue weighted by Crippen LogP contribution is 2.19. The average molecular weight is 253 g/mol. The van der Waals surface area contributed by atoms with Gasteiger partial charge < -0.3 is 15.8 Å². The molecule has 0 unspecified atom stereocenters. The molecule has 1 amide bonds. The third-order valence-corrected chi connectivity index (χ3v) is 3.01. The quantitative estimate of drug-likeness (QED) is 0.661. The van der Waals surface area contributed by atoms with Gasteiger partial charge in [-0.05, 0) is 12.8 Å². The normalized spacial score (nSPS) is 16.7. The van der Waals surface area contributed by atoms with Crippen LogP contribution in [0.5, 0.6) is 0 Å². The van der Waals surface area contributed by atoms with Crippen LogP contribution in [0.25, 0.3) is 0 Å². The topological polar surface area (TPSA) is 106 Å². The van der Waals surface area contributed by atoms with Crippen molar-refractivity contribution in [2.45, 2.75) is 38.2 Å². The first-order chi connectivity index (χ1) is 8.75. The Balaban J connectivity index is 1.61. The summed E-state index contributed by atoms with van der Waals surface area (Å²) >= 11 is 0. The second-order valence-electron chi connectivity index (χ2n) is 4.43. The van der Waals surface area contributed by atoms with Crippen molar-refractivity contribution in [3.05, 3.63) is 5.82 Å². The lowest BCUT2D eigenvalue weighted by Gasteiger charge is -2.21. The van der Waals surface area contributed by atoms with E-state index in [0.717, 1.165) is 12.8 Å². The van der Waals surface area contributed by atoms with E-state index in [9.17, 15) is 4.79 Å². The van der Waals surface area contributed by atoms with E-state index in [1.54, 1.807) is 0 Å². The van der Waals surface area contributed by atoms with Crippen molar-refractivity contribution in [2.75, 3.05) is 18.9 Å². The molecule has 1 heterocycles. The highest BCUT2D eigenvalue weighted by Gasteiger charge is 2.14. The maximum atomic E-state index is 11.6. The molecular weight excluding hydrogens is 234 g/mol. The summed E-state index contributed by atoms with van der Waals surface area (Å²) in [5.41, 5.74) is 5.31. The lowest BCUT2D eigenvalue weighted by atomic mass is 9.98. The standard InChI is InChI=1S/C11H19N5O2/c12-11-14-9(15-16-11)10(17)13-6-7-18-8-4-2-1-3-5-8/h8H,1-7H2,(H,13,17)(H3,12,14,15,16). The Bertz CT molecular complexity index is 387. The minimum absolute atomic E-state index is 0.0682. The molecule has 7 nitrogen and oxygen atoms in total. The molecule has 0 spiro atoms. The van der Waals surface area contributed by atoms with Gasteiger partial charge in [0.05, 0.1) is 12.7 Å². The highest BCUT2D eigenvalue weighted by molar-refractivity contribution is 5.90. The molecule has 100 valence electrons. The maximum absolute atomic E-state index is 11.6. The Morgan fingerprint density at radius 3 is 2.89 bits per heavy atom. The van der Waals surface area contributed by atoms with Gasteiger partial charge in [0.2, 0.25) is 11.8 Å². The minimum atomic E-state index is -0.313. The largest absolute Gasteiger partial charge is 0.376 e. The molecule has 0 atom stereocenters. The van der Waals surface area contributed by atoms with Gasteiger partial charge in [-0.3, -0.25) is 9.89 Å². The summed E-state index contributed by atoms with van der Waals surface area (Å²) in [7, 11) is 0. The predicted octanol–water partition coefficient (Wildman–Crippen LogP) is 0.466. The number of amides is 1. The lowest BCUT2D eigenvalue weighted by Crippen LogP contribution is -2.30. The van der Waals surface area contributed by atoms with Crippen molar-refractivity contribution in [3.8, 4) is 0 Å². The Labute approximate surface area is 105 Å². The van der Waals surface area contributed by atoms with Gasteiger partial charge in [0, 0.05) is 6.54 Å². The second-order valence-corrected chi connectivity index (χ2v) is 4.43. The number of hydrogen-bond donors (Lipinski definition) is 3. The van der Waals surface area contributed by atoms with Gasteiger partial charge in [0.25, 0.3) is 5.91 Å². The zero-order chi connectivity index (χ0) is 12.8. The van der Waals surface area contributed by atoms with E-state index >= 15 is 0 Å². The van der Waals surface area contributed by atoms with Crippen LogP contribution < -0.4 is 11.1 Å². The summed E-state index contributed by atoms with van der Waals surface area (Å²) in [6.07, 6.45) is 6.42. The number of nitrogens with zero attached hydrogens (tertiary/aromatic N) is 2. The van der Waals surface area contributed by atoms with E-state index in [4.69, 9.17) is 10.5 Å². The first-order valence-corrected chi connectivity index (χ1v) is 6.33. The molecule has 1 aliphatic carbocycles. The molecule has 0 radical (unpaired) electrons. The molecule has 2 rings (SSSR count). The third-order valence-electron chi connectivity index (χ3n) is 3.01. The number of carbonyl (C=O) groups is 1. The fourth-order valence-corrected chi connectivity index (χ4v) is 2.08. The molecule has 1 aromatic rings. The molecule has 18 heavy (non-hydrogen) atoms. The van der Waals surface area contributed by atoms with Gasteiger partial charge in [-0.1, -0.05) is 19.3 Å². The van der Waals surface area contributed by atoms with Gasteiger partial charge in [-0.25, -0.2) is 0 Å². The van der Waals surface area contributed by atoms with Crippen LogP contribution in [0.1, 0.15) is 42.7 Å². The number of hydrogen-bond acceptors (Lipinski definition) is 5. The maximum Gasteiger partial charge on any atom is 0.288 e. The number of H-pyrrole nitrogens is 1. The van der Waals surface area contributed by atoms with E-state index in [1.165, 1.54) is 19.3 Å². The van der Waals surface area contributed by atoms with Crippen molar-refractivity contribution >= 4 is 11.9 Å². The Kier molecular flexibility index (Phi) is 4.52. The number of nitrogens with one attached hydrogen (secondary N) is 2. The van der Waals surface area contributed by atoms with Gasteiger partial charge in [0.1, 0.15) is 0 Å². The second kappa shape index (κ2) is 6.34. The van der Waals surface area contributed by atoms with Crippen molar-refractivity contribution < 1.29 is 9.53 Å². The number of nitrogens with two attached hydrogens (primary N) is 1. The number of ether oxygens (including phenoxy) is 1. The minimum Gasteiger partial charge on any atom is -0.376 e. The molecule has 1 fully saturated rings. The zero-order valence-electron chi connectivity index (χ0n) is 10.3. The molecule has 0 saturated heterocycles. The molecule has 1 saturated carbocycles. The monoisotopic (exact) mass is 253 g/mol. The van der Waals surface area contributed by atoms with Crippen molar-refractivity contribution in [1.29, 1.82) is 0 Å². The molecule has 0 aliphatic heterocycles. The zero-order valence-corrected chi connectivity index (χ0v) is 10.3. The Morgan fingerprint density at radius 1 is 1.44 bits per heavy atom. The molecule has 0 bridgehead atoms. The van der Waals surface area contributed by atoms with Crippen LogP contribution in [0.3, 0.4) is 0 Å². The number of anilines is 1. The number of aromatic amines is 1. The number of carbonyl (C=O) groups excluding carboxylic acids is 1. The van der Waals surface area contributed by atoms with E-state index in [0.29, 0.717) is 19.3 Å². The molecule has 1 aliphatic rings. The van der Waals surface area contributed by atoms with Gasteiger partial charge in [-0.15, -0.1) is 5.10 Å². The summed E-state index contributed by atoms with van der Waals surface area (Å²) in [5, 5.41) is 8.74. The summed E-state index contributed by atoms with van der Waals surface area (Å²) in [4.78, 5) is 15.3. The lowest BCUT2D eigenvalue weighted by molar-refractivity contribution is 0.0299. The smallest absolute Gasteiger partial charge is 0.288 e. The van der Waals surface area contributed by atoms with E-state index in [-0.39, 0.29) is 17.7 Å². The van der Waals surface area contributed by atoms with Crippen LogP contribution in [0, 0.1) is 0 Å². The van der Waals surface area contributed by atoms with Crippen LogP contribution in [0.2, 0.25) is 0 Å². The summed E-state index contributed by atoms with van der Waals surface area (Å²) < 4.78 is 5.69. The molecule has 0 aromatic carbocycles. The Morgan fingerprint density at radius 2 is 2.22 bits per heavy atom. The molecule has 7 heteroatoms. The SMILES string of the molecule is Nc1n[nH]c(C(=O)NCCOC2CCCCC2)n1. The fourth-order valence-electron chi connectivity index (χ4n) is 2.08. The van der Waals surface area contributed by atoms with E-state index < -0.39 is 0 Å². The van der Waals surface area contributed by atoms with Crippen LogP contribution >= 0.6 is 0 Å². The number of nitrogen functional groups attached to an aromatic ring is 1. The van der Waals surface area contributed by atoms with Gasteiger partial charge in [-0.2, -0.15) is 4.98 Å². The van der Waals surface area contributed by atoms with E-state index in [2.05, 4.69) is 20.5 Å². The van der Waals surface area contributed by atoms with Crippen molar-refractivity contribution in [3.63, 3.8) is 0 Å². The molecule has 4 N–H and O–H groups in total. The predicted molar refractivity (Wildman–Crippen MR) is 66.0 cm³/mol. The number of aromatic nitrogens is 3. The van der Waals surface area contributed by atoms with E-state index in [1.807, 2.05) is 0 Å². The van der Waals surface area contributed by atoms with Crippen LogP contribution in [0.4, 0.5) is 5.95 Å². The van der Waals surface area contributed by atoms with Gasteiger partial charge >= 0.3 is 0 Å². The number of rotatable bonds is 5. The third kappa shape index (κ3) is 3.69. The summed E-state index contributed by atoms with van der Waals surface area (Å²) in [6.45, 7) is 0.996. The average Bonchev–Trinajstić information content (AvgIpc) is 2.82. The summed E-state index contributed by atoms with van der Waals surface area (Å²) in [5.74, 6) is -0.116. The van der Waals surface area contributed by atoms with Crippen LogP contribution in [0.15, 0.2) is 0 Å². The molecule has 1 aromatic heterocycles.